The van der Waals surface area contributed by atoms with Crippen LogP contribution >= 0.6 is 0 Å². The van der Waals surface area contributed by atoms with Crippen LogP contribution in [0.25, 0.3) is 0 Å². The fraction of sp³-hybridized carbons (Fsp3) is 0.737. The monoisotopic (exact) mass is 352 g/mol. The van der Waals surface area contributed by atoms with Gasteiger partial charge in [0.1, 0.15) is 6.10 Å². The molecule has 0 saturated heterocycles. The Kier molecular flexibility index (Phi) is 9.24. The second kappa shape index (κ2) is 10.9. The van der Waals surface area contributed by atoms with Crippen LogP contribution in [0.15, 0.2) is 11.1 Å². The van der Waals surface area contributed by atoms with E-state index >= 15 is 0 Å². The van der Waals surface area contributed by atoms with Crippen LogP contribution in [-0.4, -0.2) is 24.0 Å². The van der Waals surface area contributed by atoms with Gasteiger partial charge >= 0.3 is 5.97 Å². The molecule has 1 unspecified atom stereocenters. The third-order valence-electron chi connectivity index (χ3n) is 4.81. The number of esters is 1. The van der Waals surface area contributed by atoms with Crippen LogP contribution < -0.4 is 10.2 Å². The minimum atomic E-state index is -1.65. The molecule has 0 aromatic heterocycles. The lowest BCUT2D eigenvalue weighted by molar-refractivity contribution is -0.304. The molecule has 0 spiro atoms. The molecule has 1 aliphatic rings. The van der Waals surface area contributed by atoms with Crippen LogP contribution in [0.4, 0.5) is 0 Å². The maximum Gasteiger partial charge on any atom is 0.310 e. The highest BCUT2D eigenvalue weighted by atomic mass is 16.5. The van der Waals surface area contributed by atoms with E-state index in [1.807, 2.05) is 13.8 Å². The fourth-order valence-electron chi connectivity index (χ4n) is 3.24. The number of aliphatic carboxylic acids is 2. The van der Waals surface area contributed by atoms with Gasteiger partial charge in [0.05, 0.1) is 18.4 Å². The zero-order chi connectivity index (χ0) is 18.8. The third kappa shape index (κ3) is 7.28. The molecule has 6 nitrogen and oxygen atoms in total. The Morgan fingerprint density at radius 1 is 1.04 bits per heavy atom. The summed E-state index contributed by atoms with van der Waals surface area (Å²) < 4.78 is 5.24. The van der Waals surface area contributed by atoms with E-state index in [4.69, 9.17) is 4.74 Å². The number of carbonyl (C=O) groups is 3. The lowest BCUT2D eigenvalue weighted by Crippen LogP contribution is -2.34. The van der Waals surface area contributed by atoms with E-state index in [0.29, 0.717) is 0 Å². The quantitative estimate of drug-likeness (QED) is 0.409. The first-order valence-electron chi connectivity index (χ1n) is 9.23. The summed E-state index contributed by atoms with van der Waals surface area (Å²) in [7, 11) is 0. The van der Waals surface area contributed by atoms with Crippen LogP contribution in [0.3, 0.4) is 0 Å². The van der Waals surface area contributed by atoms with Crippen LogP contribution in [0.5, 0.6) is 0 Å². The topological polar surface area (TPSA) is 107 Å². The van der Waals surface area contributed by atoms with Gasteiger partial charge in [0, 0.05) is 0 Å². The first-order valence-corrected chi connectivity index (χ1v) is 9.23. The van der Waals surface area contributed by atoms with E-state index in [1.54, 1.807) is 0 Å². The first kappa shape index (κ1) is 21.2. The van der Waals surface area contributed by atoms with Crippen molar-refractivity contribution >= 4 is 17.9 Å². The highest BCUT2D eigenvalue weighted by Gasteiger charge is 2.22. The highest BCUT2D eigenvalue weighted by Crippen LogP contribution is 2.26. The van der Waals surface area contributed by atoms with Crippen molar-refractivity contribution in [1.29, 1.82) is 0 Å². The molecule has 1 saturated carbocycles. The average molecular weight is 352 g/mol. The summed E-state index contributed by atoms with van der Waals surface area (Å²) in [5, 5.41) is 22.9. The van der Waals surface area contributed by atoms with E-state index in [-0.39, 0.29) is 24.0 Å². The predicted octanol–water partition coefficient (Wildman–Crippen LogP) is 1.27. The summed E-state index contributed by atoms with van der Waals surface area (Å²) in [4.78, 5) is 34.9. The number of carboxylic acids is 2. The number of rotatable bonds is 11. The van der Waals surface area contributed by atoms with Gasteiger partial charge in [-0.2, -0.15) is 0 Å². The van der Waals surface area contributed by atoms with E-state index in [2.05, 4.69) is 0 Å². The molecular formula is C19H28O6-2. The highest BCUT2D eigenvalue weighted by molar-refractivity contribution is 6.00. The van der Waals surface area contributed by atoms with E-state index in [1.165, 1.54) is 0 Å². The molecule has 1 fully saturated rings. The van der Waals surface area contributed by atoms with Crippen molar-refractivity contribution in [3.05, 3.63) is 11.1 Å². The Morgan fingerprint density at radius 2 is 1.64 bits per heavy atom. The minimum Gasteiger partial charge on any atom is -0.545 e. The average Bonchev–Trinajstić information content (AvgIpc) is 3.05. The molecule has 0 aromatic rings. The third-order valence-corrected chi connectivity index (χ3v) is 4.81. The zero-order valence-corrected chi connectivity index (χ0v) is 15.2. The maximum atomic E-state index is 12.0. The molecule has 1 rings (SSSR count). The van der Waals surface area contributed by atoms with Gasteiger partial charge in [-0.25, -0.2) is 0 Å². The second-order valence-electron chi connectivity index (χ2n) is 6.73. The molecule has 25 heavy (non-hydrogen) atoms. The summed E-state index contributed by atoms with van der Waals surface area (Å²) in [6.45, 7) is 3.97. The summed E-state index contributed by atoms with van der Waals surface area (Å²) in [5.74, 6) is -3.88. The van der Waals surface area contributed by atoms with E-state index < -0.39 is 29.9 Å². The Labute approximate surface area is 149 Å². The van der Waals surface area contributed by atoms with Crippen LogP contribution in [0.1, 0.15) is 78.1 Å². The normalized spacial score (nSPS) is 17.0. The van der Waals surface area contributed by atoms with Gasteiger partial charge in [0.2, 0.25) is 0 Å². The van der Waals surface area contributed by atoms with Gasteiger partial charge in [-0.1, -0.05) is 39.5 Å². The summed E-state index contributed by atoms with van der Waals surface area (Å²) >= 11 is 0. The van der Waals surface area contributed by atoms with Gasteiger partial charge in [-0.05, 0) is 49.2 Å². The number of unbranched alkanes of at least 4 members (excludes halogenated alkanes) is 1. The van der Waals surface area contributed by atoms with Gasteiger partial charge in [-0.15, -0.1) is 0 Å². The van der Waals surface area contributed by atoms with Crippen molar-refractivity contribution < 1.29 is 29.3 Å². The first-order chi connectivity index (χ1) is 11.9. The van der Waals surface area contributed by atoms with Crippen LogP contribution in [-0.2, 0) is 19.1 Å². The Balaban J connectivity index is 2.89. The van der Waals surface area contributed by atoms with Crippen molar-refractivity contribution in [2.75, 3.05) is 0 Å². The Morgan fingerprint density at radius 3 is 2.12 bits per heavy atom. The summed E-state index contributed by atoms with van der Waals surface area (Å²) in [5.41, 5.74) is -0.857. The Bertz CT molecular complexity index is 502. The standard InChI is InChI=1S/C19H30O6/c1-3-5-8-13(4-2)11-15(18(21)22)16(19(23)24)12-17(20)25-14-9-6-7-10-14/h13-14H,3-12H2,1-2H3,(H,21,22)(H,23,24)/p-2/b16-15+. The van der Waals surface area contributed by atoms with Crippen molar-refractivity contribution in [3.8, 4) is 0 Å². The lowest BCUT2D eigenvalue weighted by atomic mass is 9.89. The molecule has 6 heteroatoms. The predicted molar refractivity (Wildman–Crippen MR) is 87.9 cm³/mol. The van der Waals surface area contributed by atoms with Crippen molar-refractivity contribution in [2.45, 2.75) is 84.2 Å². The SMILES string of the molecule is CCCCC(CC)C/C(C(=O)[O-])=C(/CC(=O)OC1CCCC1)C(=O)[O-]. The number of ether oxygens (including phenoxy) is 1. The number of carbonyl (C=O) groups excluding carboxylic acids is 3. The van der Waals surface area contributed by atoms with Gasteiger partial charge in [0.25, 0.3) is 0 Å². The van der Waals surface area contributed by atoms with Gasteiger partial charge < -0.3 is 24.5 Å². The van der Waals surface area contributed by atoms with Gasteiger partial charge in [-0.3, -0.25) is 4.79 Å². The van der Waals surface area contributed by atoms with Crippen molar-refractivity contribution in [3.63, 3.8) is 0 Å². The molecule has 0 aliphatic heterocycles. The van der Waals surface area contributed by atoms with E-state index in [9.17, 15) is 24.6 Å². The molecule has 1 aliphatic carbocycles. The number of carboxylic acid groups (broad SMARTS) is 2. The molecule has 1 atom stereocenters. The number of hydrogen-bond donors (Lipinski definition) is 0. The molecule has 0 aromatic carbocycles. The van der Waals surface area contributed by atoms with Crippen LogP contribution in [0.2, 0.25) is 0 Å². The fourth-order valence-corrected chi connectivity index (χ4v) is 3.24. The molecule has 0 heterocycles. The maximum absolute atomic E-state index is 12.0. The largest absolute Gasteiger partial charge is 0.545 e. The summed E-state index contributed by atoms with van der Waals surface area (Å²) in [6, 6.07) is 0. The van der Waals surface area contributed by atoms with Crippen molar-refractivity contribution in [1.82, 2.24) is 0 Å². The Hall–Kier alpha value is -1.85. The van der Waals surface area contributed by atoms with E-state index in [0.717, 1.165) is 51.4 Å². The van der Waals surface area contributed by atoms with Crippen molar-refractivity contribution in [2.24, 2.45) is 5.92 Å². The summed E-state index contributed by atoms with van der Waals surface area (Å²) in [6.07, 6.45) is 6.19. The molecular weight excluding hydrogens is 324 g/mol. The molecule has 142 valence electrons. The molecule has 0 N–H and O–H groups in total. The lowest BCUT2D eigenvalue weighted by Gasteiger charge is -2.22. The molecule has 0 bridgehead atoms. The van der Waals surface area contributed by atoms with Crippen LogP contribution in [0, 0.1) is 5.92 Å². The zero-order valence-electron chi connectivity index (χ0n) is 15.2. The second-order valence-corrected chi connectivity index (χ2v) is 6.73. The molecule has 0 amide bonds. The minimum absolute atomic E-state index is 0.0352. The smallest absolute Gasteiger partial charge is 0.310 e. The molecule has 0 radical (unpaired) electrons. The number of hydrogen-bond acceptors (Lipinski definition) is 6. The van der Waals surface area contributed by atoms with Gasteiger partial charge in [0.15, 0.2) is 0 Å².